The highest BCUT2D eigenvalue weighted by molar-refractivity contribution is 5.98. The molecule has 0 aliphatic carbocycles. The van der Waals surface area contributed by atoms with E-state index in [1.165, 1.54) is 0 Å². The normalized spacial score (nSPS) is 20.9. The zero-order valence-corrected chi connectivity index (χ0v) is 20.0. The number of H-pyrrole nitrogens is 1. The molecular formula is C29H29N5O2. The number of rotatable bonds is 6. The summed E-state index contributed by atoms with van der Waals surface area (Å²) in [5, 5.41) is 7.32. The van der Waals surface area contributed by atoms with Crippen LogP contribution in [0.3, 0.4) is 0 Å². The van der Waals surface area contributed by atoms with Gasteiger partial charge in [0.15, 0.2) is 0 Å². The molecular weight excluding hydrogens is 450 g/mol. The van der Waals surface area contributed by atoms with E-state index >= 15 is 0 Å². The highest BCUT2D eigenvalue weighted by Crippen LogP contribution is 2.38. The van der Waals surface area contributed by atoms with E-state index in [1.54, 1.807) is 6.20 Å². The van der Waals surface area contributed by atoms with Crippen molar-refractivity contribution in [1.29, 1.82) is 0 Å². The van der Waals surface area contributed by atoms with Gasteiger partial charge in [-0.3, -0.25) is 9.59 Å². The van der Waals surface area contributed by atoms with Crippen LogP contribution in [-0.4, -0.2) is 39.9 Å². The molecule has 0 saturated carbocycles. The van der Waals surface area contributed by atoms with Gasteiger partial charge >= 0.3 is 0 Å². The number of carbonyl (C=O) groups excluding carboxylic acids is 2. The largest absolute Gasteiger partial charge is 0.361 e. The van der Waals surface area contributed by atoms with Gasteiger partial charge in [-0.05, 0) is 67.0 Å². The van der Waals surface area contributed by atoms with E-state index in [0.717, 1.165) is 48.0 Å². The maximum Gasteiger partial charge on any atom is 0.253 e. The van der Waals surface area contributed by atoms with Crippen molar-refractivity contribution in [2.45, 2.75) is 50.4 Å². The summed E-state index contributed by atoms with van der Waals surface area (Å²) in [5.41, 5.74) is 3.28. The summed E-state index contributed by atoms with van der Waals surface area (Å²) in [7, 11) is 0. The molecule has 2 aromatic heterocycles. The molecule has 0 radical (unpaired) electrons. The fraction of sp³-hybridized carbons (Fsp3) is 0.276. The third-order valence-electron chi connectivity index (χ3n) is 7.46. The molecule has 7 heteroatoms. The van der Waals surface area contributed by atoms with Gasteiger partial charge in [0.25, 0.3) is 11.8 Å². The molecule has 2 aliphatic heterocycles. The van der Waals surface area contributed by atoms with E-state index in [0.29, 0.717) is 29.8 Å². The molecule has 3 atom stereocenters. The molecule has 2 amide bonds. The van der Waals surface area contributed by atoms with Gasteiger partial charge in [0, 0.05) is 48.1 Å². The minimum absolute atomic E-state index is 0.0201. The number of aromatic nitrogens is 2. The van der Waals surface area contributed by atoms with Gasteiger partial charge < -0.3 is 20.5 Å². The summed E-state index contributed by atoms with van der Waals surface area (Å²) in [6, 6.07) is 22.3. The minimum Gasteiger partial charge on any atom is -0.361 e. The molecule has 4 heterocycles. The van der Waals surface area contributed by atoms with E-state index in [2.05, 4.69) is 25.5 Å². The lowest BCUT2D eigenvalue weighted by molar-refractivity contribution is 0.0924. The summed E-state index contributed by atoms with van der Waals surface area (Å²) < 4.78 is 0. The number of hydrogen-bond donors (Lipinski definition) is 3. The zero-order valence-electron chi connectivity index (χ0n) is 20.0. The summed E-state index contributed by atoms with van der Waals surface area (Å²) in [6.07, 6.45) is 7.53. The second-order valence-corrected chi connectivity index (χ2v) is 9.79. The lowest BCUT2D eigenvalue weighted by Crippen LogP contribution is -2.50. The van der Waals surface area contributed by atoms with Crippen LogP contribution in [-0.2, 0) is 6.54 Å². The van der Waals surface area contributed by atoms with Gasteiger partial charge in [-0.1, -0.05) is 36.4 Å². The quantitative estimate of drug-likeness (QED) is 0.382. The number of anilines is 1. The molecule has 0 unspecified atom stereocenters. The number of piperidine rings is 1. The summed E-state index contributed by atoms with van der Waals surface area (Å²) in [5.74, 6) is 0.761. The number of fused-ring (bicyclic) bond motifs is 3. The maximum atomic E-state index is 12.9. The average Bonchev–Trinajstić information content (AvgIpc) is 3.49. The molecule has 4 aromatic rings. The van der Waals surface area contributed by atoms with E-state index < -0.39 is 0 Å². The SMILES string of the molecule is O=C(NCc1ccccc1)c1ccc(N2[C@@H]3CC[C@H]2C[C@@H](NC(=O)c2ccc4cc[nH]c4c2)C3)nc1. The van der Waals surface area contributed by atoms with Crippen molar-refractivity contribution in [3.63, 3.8) is 0 Å². The van der Waals surface area contributed by atoms with Crippen LogP contribution in [0.25, 0.3) is 10.9 Å². The Labute approximate surface area is 209 Å². The van der Waals surface area contributed by atoms with Gasteiger partial charge in [-0.2, -0.15) is 0 Å². The van der Waals surface area contributed by atoms with Crippen LogP contribution in [0.15, 0.2) is 79.1 Å². The predicted octanol–water partition coefficient (Wildman–Crippen LogP) is 4.42. The molecule has 2 saturated heterocycles. The van der Waals surface area contributed by atoms with Crippen molar-refractivity contribution in [3.8, 4) is 0 Å². The topological polar surface area (TPSA) is 90.1 Å². The van der Waals surface area contributed by atoms with Gasteiger partial charge in [-0.15, -0.1) is 0 Å². The molecule has 2 aliphatic rings. The van der Waals surface area contributed by atoms with Crippen LogP contribution in [0, 0.1) is 0 Å². The third-order valence-corrected chi connectivity index (χ3v) is 7.46. The number of hydrogen-bond acceptors (Lipinski definition) is 4. The number of aromatic amines is 1. The Kier molecular flexibility index (Phi) is 5.89. The Morgan fingerprint density at radius 1 is 0.917 bits per heavy atom. The molecule has 3 N–H and O–H groups in total. The molecule has 2 aromatic carbocycles. The van der Waals surface area contributed by atoms with E-state index in [9.17, 15) is 9.59 Å². The monoisotopic (exact) mass is 479 g/mol. The van der Waals surface area contributed by atoms with Gasteiger partial charge in [0.2, 0.25) is 0 Å². The Balaban J connectivity index is 1.07. The minimum atomic E-state index is -0.125. The number of carbonyl (C=O) groups is 2. The van der Waals surface area contributed by atoms with Crippen LogP contribution < -0.4 is 15.5 Å². The second-order valence-electron chi connectivity index (χ2n) is 9.79. The van der Waals surface area contributed by atoms with Crippen molar-refractivity contribution in [3.05, 3.63) is 95.8 Å². The lowest BCUT2D eigenvalue weighted by Gasteiger charge is -2.40. The first-order chi connectivity index (χ1) is 17.6. The fourth-order valence-electron chi connectivity index (χ4n) is 5.68. The van der Waals surface area contributed by atoms with Crippen LogP contribution in [0.2, 0.25) is 0 Å². The van der Waals surface area contributed by atoms with Gasteiger partial charge in [0.05, 0.1) is 5.56 Å². The maximum absolute atomic E-state index is 12.9. The molecule has 0 spiro atoms. The summed E-state index contributed by atoms with van der Waals surface area (Å²) >= 11 is 0. The predicted molar refractivity (Wildman–Crippen MR) is 140 cm³/mol. The Morgan fingerprint density at radius 2 is 1.69 bits per heavy atom. The molecule has 36 heavy (non-hydrogen) atoms. The van der Waals surface area contributed by atoms with Crippen LogP contribution in [0.4, 0.5) is 5.82 Å². The first-order valence-corrected chi connectivity index (χ1v) is 12.6. The fourth-order valence-corrected chi connectivity index (χ4v) is 5.68. The highest BCUT2D eigenvalue weighted by atomic mass is 16.2. The third kappa shape index (κ3) is 4.44. The Bertz CT molecular complexity index is 1370. The van der Waals surface area contributed by atoms with Gasteiger partial charge in [-0.25, -0.2) is 4.98 Å². The van der Waals surface area contributed by atoms with Crippen LogP contribution in [0.1, 0.15) is 52.0 Å². The lowest BCUT2D eigenvalue weighted by atomic mass is 9.96. The van der Waals surface area contributed by atoms with Crippen molar-refractivity contribution in [2.75, 3.05) is 4.90 Å². The zero-order chi connectivity index (χ0) is 24.5. The standard InChI is InChI=1S/C29H29N5O2/c35-28(32-17-19-4-2-1-3-5-19)22-8-11-27(31-18-22)34-24-9-10-25(34)16-23(15-24)33-29(36)21-7-6-20-12-13-30-26(20)14-21/h1-8,11-14,18,23-25,30H,9-10,15-17H2,(H,32,35)(H,33,36)/t23-,24+,25-. The van der Waals surface area contributed by atoms with E-state index in [4.69, 9.17) is 0 Å². The molecule has 2 bridgehead atoms. The van der Waals surface area contributed by atoms with Gasteiger partial charge in [0.1, 0.15) is 5.82 Å². The van der Waals surface area contributed by atoms with E-state index in [-0.39, 0.29) is 17.9 Å². The summed E-state index contributed by atoms with van der Waals surface area (Å²) in [6.45, 7) is 0.490. The van der Waals surface area contributed by atoms with Crippen molar-refractivity contribution in [2.24, 2.45) is 0 Å². The van der Waals surface area contributed by atoms with Crippen LogP contribution >= 0.6 is 0 Å². The first-order valence-electron chi connectivity index (χ1n) is 12.6. The van der Waals surface area contributed by atoms with E-state index in [1.807, 2.05) is 72.9 Å². The smallest absolute Gasteiger partial charge is 0.253 e. The highest BCUT2D eigenvalue weighted by Gasteiger charge is 2.41. The second kappa shape index (κ2) is 9.49. The summed E-state index contributed by atoms with van der Waals surface area (Å²) in [4.78, 5) is 35.7. The number of benzene rings is 2. The number of amides is 2. The van der Waals surface area contributed by atoms with Crippen molar-refractivity contribution < 1.29 is 9.59 Å². The van der Waals surface area contributed by atoms with Crippen molar-refractivity contribution >= 4 is 28.5 Å². The molecule has 2 fully saturated rings. The number of nitrogens with one attached hydrogen (secondary N) is 3. The Morgan fingerprint density at radius 3 is 2.44 bits per heavy atom. The number of pyridine rings is 1. The molecule has 7 nitrogen and oxygen atoms in total. The average molecular weight is 480 g/mol. The van der Waals surface area contributed by atoms with Crippen molar-refractivity contribution in [1.82, 2.24) is 20.6 Å². The molecule has 182 valence electrons. The Hall–Kier alpha value is -4.13. The first kappa shape index (κ1) is 22.3. The van der Waals surface area contributed by atoms with Crippen LogP contribution in [0.5, 0.6) is 0 Å². The number of nitrogens with zero attached hydrogens (tertiary/aromatic N) is 2. The molecule has 6 rings (SSSR count).